The number of carbonyl (C=O) groups excluding carboxylic acids is 1. The molecule has 0 saturated carbocycles. The van der Waals surface area contributed by atoms with Crippen molar-refractivity contribution in [2.45, 2.75) is 39.0 Å². The normalized spacial score (nSPS) is 19.1. The van der Waals surface area contributed by atoms with Crippen molar-refractivity contribution in [1.82, 2.24) is 5.32 Å². The van der Waals surface area contributed by atoms with Gasteiger partial charge in [-0.1, -0.05) is 19.1 Å². The molecule has 1 aliphatic rings. The fraction of sp³-hybridized carbons (Fsp3) is 0.571. The molecule has 4 nitrogen and oxygen atoms in total. The van der Waals surface area contributed by atoms with Crippen LogP contribution in [-0.4, -0.2) is 13.1 Å². The Morgan fingerprint density at radius 2 is 2.39 bits per heavy atom. The SMILES string of the molecule is CCC=CCC1=C(NC#N)CCC1CC(=O)OC. The lowest BCUT2D eigenvalue weighted by atomic mass is 9.95. The lowest BCUT2D eigenvalue weighted by molar-refractivity contribution is -0.141. The summed E-state index contributed by atoms with van der Waals surface area (Å²) in [7, 11) is 1.41. The first kappa shape index (κ1) is 14.3. The van der Waals surface area contributed by atoms with Gasteiger partial charge in [0.15, 0.2) is 6.19 Å². The molecule has 1 atom stereocenters. The Kier molecular flexibility index (Phi) is 5.99. The fourth-order valence-electron chi connectivity index (χ4n) is 2.29. The molecule has 1 N–H and O–H groups in total. The molecule has 0 aromatic rings. The second-order valence-electron chi connectivity index (χ2n) is 4.34. The lowest BCUT2D eigenvalue weighted by Gasteiger charge is -2.12. The molecule has 0 aromatic carbocycles. The van der Waals surface area contributed by atoms with Crippen molar-refractivity contribution in [3.05, 3.63) is 23.4 Å². The minimum absolute atomic E-state index is 0.185. The number of hydrogen-bond acceptors (Lipinski definition) is 4. The largest absolute Gasteiger partial charge is 0.469 e. The second-order valence-corrected chi connectivity index (χ2v) is 4.34. The average Bonchev–Trinajstić information content (AvgIpc) is 2.73. The maximum atomic E-state index is 11.4. The van der Waals surface area contributed by atoms with Crippen LogP contribution in [0, 0.1) is 17.4 Å². The Morgan fingerprint density at radius 1 is 1.61 bits per heavy atom. The average molecular weight is 248 g/mol. The highest BCUT2D eigenvalue weighted by Crippen LogP contribution is 2.35. The van der Waals surface area contributed by atoms with Gasteiger partial charge < -0.3 is 4.74 Å². The highest BCUT2D eigenvalue weighted by atomic mass is 16.5. The van der Waals surface area contributed by atoms with Crippen LogP contribution in [0.3, 0.4) is 0 Å². The molecular formula is C14H20N2O2. The maximum absolute atomic E-state index is 11.4. The smallest absolute Gasteiger partial charge is 0.306 e. The summed E-state index contributed by atoms with van der Waals surface area (Å²) >= 11 is 0. The van der Waals surface area contributed by atoms with Crippen molar-refractivity contribution >= 4 is 5.97 Å². The monoisotopic (exact) mass is 248 g/mol. The molecule has 0 radical (unpaired) electrons. The number of carbonyl (C=O) groups is 1. The number of nitriles is 1. The number of esters is 1. The van der Waals surface area contributed by atoms with E-state index in [0.717, 1.165) is 31.4 Å². The van der Waals surface area contributed by atoms with E-state index in [0.29, 0.717) is 6.42 Å². The summed E-state index contributed by atoms with van der Waals surface area (Å²) in [6, 6.07) is 0. The van der Waals surface area contributed by atoms with Crippen LogP contribution in [0.4, 0.5) is 0 Å². The van der Waals surface area contributed by atoms with Crippen LogP contribution >= 0.6 is 0 Å². The van der Waals surface area contributed by atoms with Gasteiger partial charge >= 0.3 is 5.97 Å². The summed E-state index contributed by atoms with van der Waals surface area (Å²) in [6.07, 6.45) is 10.1. The summed E-state index contributed by atoms with van der Waals surface area (Å²) in [4.78, 5) is 11.4. The van der Waals surface area contributed by atoms with Crippen molar-refractivity contribution in [2.24, 2.45) is 5.92 Å². The minimum atomic E-state index is -0.185. The van der Waals surface area contributed by atoms with Gasteiger partial charge in [0.1, 0.15) is 0 Å². The molecule has 1 rings (SSSR count). The highest BCUT2D eigenvalue weighted by Gasteiger charge is 2.26. The lowest BCUT2D eigenvalue weighted by Crippen LogP contribution is -2.11. The fourth-order valence-corrected chi connectivity index (χ4v) is 2.29. The molecule has 0 fully saturated rings. The highest BCUT2D eigenvalue weighted by molar-refractivity contribution is 5.70. The molecule has 0 bridgehead atoms. The van der Waals surface area contributed by atoms with Gasteiger partial charge in [-0.3, -0.25) is 10.1 Å². The van der Waals surface area contributed by atoms with E-state index < -0.39 is 0 Å². The molecule has 1 unspecified atom stereocenters. The van der Waals surface area contributed by atoms with Gasteiger partial charge in [-0.15, -0.1) is 0 Å². The van der Waals surface area contributed by atoms with Gasteiger partial charge in [0.05, 0.1) is 13.5 Å². The van der Waals surface area contributed by atoms with E-state index in [1.807, 2.05) is 6.19 Å². The zero-order valence-corrected chi connectivity index (χ0v) is 11.0. The van der Waals surface area contributed by atoms with E-state index in [-0.39, 0.29) is 11.9 Å². The van der Waals surface area contributed by atoms with Crippen LogP contribution in [0.5, 0.6) is 0 Å². The van der Waals surface area contributed by atoms with Gasteiger partial charge in [-0.05, 0) is 37.2 Å². The number of ether oxygens (including phenoxy) is 1. The van der Waals surface area contributed by atoms with Gasteiger partial charge in [0.25, 0.3) is 0 Å². The molecule has 0 saturated heterocycles. The molecular weight excluding hydrogens is 228 g/mol. The summed E-state index contributed by atoms with van der Waals surface area (Å²) in [5.41, 5.74) is 2.15. The number of rotatable bonds is 6. The van der Waals surface area contributed by atoms with Gasteiger partial charge in [-0.2, -0.15) is 5.26 Å². The number of nitrogens with zero attached hydrogens (tertiary/aromatic N) is 1. The topological polar surface area (TPSA) is 62.1 Å². The zero-order valence-electron chi connectivity index (χ0n) is 11.0. The predicted molar refractivity (Wildman–Crippen MR) is 69.2 cm³/mol. The Bertz CT molecular complexity index is 391. The van der Waals surface area contributed by atoms with E-state index in [2.05, 4.69) is 24.4 Å². The van der Waals surface area contributed by atoms with Crippen LogP contribution in [-0.2, 0) is 9.53 Å². The standard InChI is InChI=1S/C14H20N2O2/c1-3-4-5-6-12-11(9-14(17)18-2)7-8-13(12)16-10-15/h4-5,11,16H,3,6-9H2,1-2H3. The third kappa shape index (κ3) is 3.92. The quantitative estimate of drug-likeness (QED) is 0.340. The van der Waals surface area contributed by atoms with Crippen molar-refractivity contribution < 1.29 is 9.53 Å². The van der Waals surface area contributed by atoms with Crippen LogP contribution in [0.15, 0.2) is 23.4 Å². The number of nitrogens with one attached hydrogen (secondary N) is 1. The van der Waals surface area contributed by atoms with Crippen molar-refractivity contribution in [3.63, 3.8) is 0 Å². The number of methoxy groups -OCH3 is 1. The summed E-state index contributed by atoms with van der Waals surface area (Å²) in [5, 5.41) is 11.5. The Labute approximate surface area is 108 Å². The van der Waals surface area contributed by atoms with Crippen LogP contribution in [0.1, 0.15) is 39.0 Å². The van der Waals surface area contributed by atoms with Crippen LogP contribution in [0.2, 0.25) is 0 Å². The van der Waals surface area contributed by atoms with E-state index in [1.54, 1.807) is 0 Å². The summed E-state index contributed by atoms with van der Waals surface area (Å²) in [6.45, 7) is 2.08. The van der Waals surface area contributed by atoms with Crippen molar-refractivity contribution in [3.8, 4) is 6.19 Å². The molecule has 98 valence electrons. The Balaban J connectivity index is 2.75. The molecule has 4 heteroatoms. The van der Waals surface area contributed by atoms with E-state index in [4.69, 9.17) is 10.00 Å². The molecule has 0 aromatic heterocycles. The minimum Gasteiger partial charge on any atom is -0.469 e. The second kappa shape index (κ2) is 7.54. The van der Waals surface area contributed by atoms with Gasteiger partial charge in [0, 0.05) is 5.70 Å². The summed E-state index contributed by atoms with van der Waals surface area (Å²) in [5.74, 6) is 0.0185. The number of allylic oxidation sites excluding steroid dienone is 4. The van der Waals surface area contributed by atoms with E-state index in [9.17, 15) is 4.79 Å². The number of hydrogen-bond donors (Lipinski definition) is 1. The maximum Gasteiger partial charge on any atom is 0.306 e. The molecule has 0 amide bonds. The first-order chi connectivity index (χ1) is 8.72. The molecule has 0 spiro atoms. The van der Waals surface area contributed by atoms with Crippen LogP contribution < -0.4 is 5.32 Å². The Morgan fingerprint density at radius 3 is 3.00 bits per heavy atom. The van der Waals surface area contributed by atoms with Crippen molar-refractivity contribution in [1.29, 1.82) is 5.26 Å². The van der Waals surface area contributed by atoms with E-state index in [1.165, 1.54) is 12.7 Å². The first-order valence-corrected chi connectivity index (χ1v) is 6.31. The van der Waals surface area contributed by atoms with Gasteiger partial charge in [-0.25, -0.2) is 0 Å². The third-order valence-electron chi connectivity index (χ3n) is 3.21. The van der Waals surface area contributed by atoms with E-state index >= 15 is 0 Å². The predicted octanol–water partition coefficient (Wildman–Crippen LogP) is 2.64. The van der Waals surface area contributed by atoms with Crippen molar-refractivity contribution in [2.75, 3.05) is 7.11 Å². The zero-order chi connectivity index (χ0) is 13.4. The Hall–Kier alpha value is -1.76. The molecule has 18 heavy (non-hydrogen) atoms. The molecule has 1 aliphatic carbocycles. The van der Waals surface area contributed by atoms with Gasteiger partial charge in [0.2, 0.25) is 0 Å². The van der Waals surface area contributed by atoms with Crippen LogP contribution in [0.25, 0.3) is 0 Å². The molecule has 0 aliphatic heterocycles. The first-order valence-electron chi connectivity index (χ1n) is 6.31. The molecule has 0 heterocycles. The summed E-state index contributed by atoms with van der Waals surface area (Å²) < 4.78 is 4.72. The third-order valence-corrected chi connectivity index (χ3v) is 3.21.